The van der Waals surface area contributed by atoms with Crippen molar-refractivity contribution >= 4 is 38.9 Å². The number of sulfonamides is 1. The van der Waals surface area contributed by atoms with Crippen LogP contribution in [0.3, 0.4) is 0 Å². The lowest BCUT2D eigenvalue weighted by molar-refractivity contribution is 0.102. The van der Waals surface area contributed by atoms with Crippen LogP contribution in [-0.2, 0) is 10.0 Å². The second kappa shape index (κ2) is 8.04. The van der Waals surface area contributed by atoms with E-state index in [0.717, 1.165) is 6.26 Å². The summed E-state index contributed by atoms with van der Waals surface area (Å²) >= 11 is 6.08. The van der Waals surface area contributed by atoms with Gasteiger partial charge in [0.15, 0.2) is 0 Å². The van der Waals surface area contributed by atoms with Crippen molar-refractivity contribution in [1.82, 2.24) is 0 Å². The first kappa shape index (κ1) is 18.8. The highest BCUT2D eigenvalue weighted by Crippen LogP contribution is 2.23. The highest BCUT2D eigenvalue weighted by atomic mass is 35.5. The maximum absolute atomic E-state index is 12.3. The molecule has 0 saturated heterocycles. The molecule has 0 aliphatic carbocycles. The van der Waals surface area contributed by atoms with Crippen LogP contribution >= 0.6 is 11.6 Å². The third-order valence-corrected chi connectivity index (χ3v) is 3.92. The van der Waals surface area contributed by atoms with Gasteiger partial charge in [-0.15, -0.1) is 0 Å². The van der Waals surface area contributed by atoms with Gasteiger partial charge in [-0.05, 0) is 42.5 Å². The Morgan fingerprint density at radius 2 is 1.84 bits per heavy atom. The standard InChI is InChI=1S/C17H17ClN2O4S/c1-3-10-24-14-7-4-12(5-8-14)19-17(21)15-9-6-13(11-16(15)18)20-25(2,22)23/h3-9,11,20H,1,10H2,2H3,(H,19,21). The summed E-state index contributed by atoms with van der Waals surface area (Å²) < 4.78 is 30.1. The Bertz CT molecular complexity index is 880. The molecule has 0 fully saturated rings. The predicted molar refractivity (Wildman–Crippen MR) is 100 cm³/mol. The van der Waals surface area contributed by atoms with Gasteiger partial charge in [-0.25, -0.2) is 8.42 Å². The molecule has 2 aromatic carbocycles. The molecule has 0 heterocycles. The van der Waals surface area contributed by atoms with E-state index in [1.54, 1.807) is 30.3 Å². The van der Waals surface area contributed by atoms with E-state index in [-0.39, 0.29) is 16.3 Å². The van der Waals surface area contributed by atoms with E-state index in [9.17, 15) is 13.2 Å². The van der Waals surface area contributed by atoms with Gasteiger partial charge in [-0.1, -0.05) is 24.3 Å². The van der Waals surface area contributed by atoms with Crippen molar-refractivity contribution in [3.05, 3.63) is 65.7 Å². The third-order valence-electron chi connectivity index (χ3n) is 3.00. The molecule has 0 unspecified atom stereocenters. The number of rotatable bonds is 7. The molecule has 25 heavy (non-hydrogen) atoms. The minimum absolute atomic E-state index is 0.136. The number of carbonyl (C=O) groups excluding carboxylic acids is 1. The van der Waals surface area contributed by atoms with Gasteiger partial charge in [-0.3, -0.25) is 9.52 Å². The van der Waals surface area contributed by atoms with Gasteiger partial charge in [0.2, 0.25) is 10.0 Å². The molecule has 1 amide bonds. The van der Waals surface area contributed by atoms with Crippen LogP contribution in [0.25, 0.3) is 0 Å². The lowest BCUT2D eigenvalue weighted by Gasteiger charge is -2.10. The number of benzene rings is 2. The zero-order valence-electron chi connectivity index (χ0n) is 13.5. The third kappa shape index (κ3) is 5.81. The fourth-order valence-corrected chi connectivity index (χ4v) is 2.79. The van der Waals surface area contributed by atoms with Crippen molar-refractivity contribution in [2.75, 3.05) is 22.9 Å². The minimum atomic E-state index is -3.41. The molecule has 0 aliphatic heterocycles. The van der Waals surface area contributed by atoms with Crippen LogP contribution in [0.5, 0.6) is 5.75 Å². The first-order valence-electron chi connectivity index (χ1n) is 7.21. The molecule has 0 saturated carbocycles. The molecule has 2 N–H and O–H groups in total. The molecule has 0 spiro atoms. The Morgan fingerprint density at radius 1 is 1.20 bits per heavy atom. The Labute approximate surface area is 151 Å². The summed E-state index contributed by atoms with van der Waals surface area (Å²) in [6.45, 7) is 3.97. The maximum atomic E-state index is 12.3. The Morgan fingerprint density at radius 3 is 2.40 bits per heavy atom. The van der Waals surface area contributed by atoms with Gasteiger partial charge in [-0.2, -0.15) is 0 Å². The van der Waals surface area contributed by atoms with Gasteiger partial charge < -0.3 is 10.1 Å². The van der Waals surface area contributed by atoms with Gasteiger partial charge in [0.1, 0.15) is 12.4 Å². The van der Waals surface area contributed by atoms with E-state index in [0.29, 0.717) is 18.0 Å². The quantitative estimate of drug-likeness (QED) is 0.719. The smallest absolute Gasteiger partial charge is 0.257 e. The molecule has 2 aromatic rings. The van der Waals surface area contributed by atoms with Crippen LogP contribution in [0.4, 0.5) is 11.4 Å². The van der Waals surface area contributed by atoms with Crippen molar-refractivity contribution in [2.24, 2.45) is 0 Å². The zero-order valence-corrected chi connectivity index (χ0v) is 15.0. The monoisotopic (exact) mass is 380 g/mol. The number of anilines is 2. The molecule has 0 aromatic heterocycles. The summed E-state index contributed by atoms with van der Waals surface area (Å²) in [5.74, 6) is 0.253. The molecule has 2 rings (SSSR count). The van der Waals surface area contributed by atoms with Crippen molar-refractivity contribution in [3.8, 4) is 5.75 Å². The Hall–Kier alpha value is -2.51. The molecular formula is C17H17ClN2O4S. The van der Waals surface area contributed by atoms with Gasteiger partial charge in [0.25, 0.3) is 5.91 Å². The maximum Gasteiger partial charge on any atom is 0.257 e. The number of hydrogen-bond acceptors (Lipinski definition) is 4. The first-order valence-corrected chi connectivity index (χ1v) is 9.48. The highest BCUT2D eigenvalue weighted by molar-refractivity contribution is 7.92. The fraction of sp³-hybridized carbons (Fsp3) is 0.118. The van der Waals surface area contributed by atoms with E-state index in [4.69, 9.17) is 16.3 Å². The van der Waals surface area contributed by atoms with Gasteiger partial charge in [0, 0.05) is 11.4 Å². The van der Waals surface area contributed by atoms with Crippen molar-refractivity contribution in [2.45, 2.75) is 0 Å². The molecule has 132 valence electrons. The van der Waals surface area contributed by atoms with Crippen LogP contribution in [0, 0.1) is 0 Å². The summed E-state index contributed by atoms with van der Waals surface area (Å²) in [5.41, 5.74) is 1.09. The Balaban J connectivity index is 2.08. The van der Waals surface area contributed by atoms with Crippen molar-refractivity contribution in [1.29, 1.82) is 0 Å². The molecular weight excluding hydrogens is 364 g/mol. The minimum Gasteiger partial charge on any atom is -0.490 e. The largest absolute Gasteiger partial charge is 0.490 e. The van der Waals surface area contributed by atoms with Crippen LogP contribution in [0.1, 0.15) is 10.4 Å². The van der Waals surface area contributed by atoms with Crippen molar-refractivity contribution in [3.63, 3.8) is 0 Å². The van der Waals surface area contributed by atoms with Gasteiger partial charge >= 0.3 is 0 Å². The number of halogens is 1. The number of hydrogen-bond donors (Lipinski definition) is 2. The first-order chi connectivity index (χ1) is 11.8. The van der Waals surface area contributed by atoms with Crippen LogP contribution in [-0.4, -0.2) is 27.2 Å². The lowest BCUT2D eigenvalue weighted by atomic mass is 10.2. The number of ether oxygens (including phenoxy) is 1. The van der Waals surface area contributed by atoms with Crippen LogP contribution < -0.4 is 14.8 Å². The normalized spacial score (nSPS) is 10.8. The molecule has 0 aliphatic rings. The zero-order chi connectivity index (χ0) is 18.4. The summed E-state index contributed by atoms with van der Waals surface area (Å²) in [6.07, 6.45) is 2.67. The van der Waals surface area contributed by atoms with E-state index in [1.807, 2.05) is 0 Å². The fourth-order valence-electron chi connectivity index (χ4n) is 1.96. The van der Waals surface area contributed by atoms with E-state index >= 15 is 0 Å². The second-order valence-corrected chi connectivity index (χ2v) is 7.30. The molecule has 6 nitrogen and oxygen atoms in total. The molecule has 0 atom stereocenters. The molecule has 0 bridgehead atoms. The predicted octanol–water partition coefficient (Wildman–Crippen LogP) is 3.53. The topological polar surface area (TPSA) is 84.5 Å². The van der Waals surface area contributed by atoms with E-state index in [1.165, 1.54) is 18.2 Å². The Kier molecular flexibility index (Phi) is 6.06. The highest BCUT2D eigenvalue weighted by Gasteiger charge is 2.12. The van der Waals surface area contributed by atoms with Crippen LogP contribution in [0.2, 0.25) is 5.02 Å². The summed E-state index contributed by atoms with van der Waals surface area (Å²) in [6, 6.07) is 11.1. The summed E-state index contributed by atoms with van der Waals surface area (Å²) in [7, 11) is -3.41. The average molecular weight is 381 g/mol. The van der Waals surface area contributed by atoms with Crippen molar-refractivity contribution < 1.29 is 17.9 Å². The SMILES string of the molecule is C=CCOc1ccc(NC(=O)c2ccc(NS(C)(=O)=O)cc2Cl)cc1. The molecule has 8 heteroatoms. The summed E-state index contributed by atoms with van der Waals surface area (Å²) in [4.78, 5) is 12.3. The lowest BCUT2D eigenvalue weighted by Crippen LogP contribution is -2.13. The average Bonchev–Trinajstić information content (AvgIpc) is 2.52. The van der Waals surface area contributed by atoms with Gasteiger partial charge in [0.05, 0.1) is 16.8 Å². The second-order valence-electron chi connectivity index (χ2n) is 5.15. The van der Waals surface area contributed by atoms with E-state index < -0.39 is 15.9 Å². The number of nitrogens with one attached hydrogen (secondary N) is 2. The van der Waals surface area contributed by atoms with Crippen LogP contribution in [0.15, 0.2) is 55.1 Å². The molecule has 0 radical (unpaired) electrons. The summed E-state index contributed by atoms with van der Waals surface area (Å²) in [5, 5.41) is 2.85. The van der Waals surface area contributed by atoms with E-state index in [2.05, 4.69) is 16.6 Å². The number of carbonyl (C=O) groups is 1. The number of amides is 1.